The summed E-state index contributed by atoms with van der Waals surface area (Å²) in [4.78, 5) is 32.2. The van der Waals surface area contributed by atoms with Gasteiger partial charge in [0.05, 0.1) is 5.69 Å². The van der Waals surface area contributed by atoms with Crippen LogP contribution in [0.4, 0.5) is 13.2 Å². The monoisotopic (exact) mass is 475 g/mol. The summed E-state index contributed by atoms with van der Waals surface area (Å²) in [6, 6.07) is 8.41. The number of fused-ring (bicyclic) bond motifs is 1. The van der Waals surface area contributed by atoms with Gasteiger partial charge in [0.25, 0.3) is 5.91 Å². The van der Waals surface area contributed by atoms with E-state index in [-0.39, 0.29) is 5.91 Å². The zero-order valence-electron chi connectivity index (χ0n) is 18.9. The quantitative estimate of drug-likeness (QED) is 0.585. The van der Waals surface area contributed by atoms with E-state index in [1.54, 1.807) is 0 Å². The third-order valence-electron chi connectivity index (χ3n) is 5.61. The predicted octanol–water partition coefficient (Wildman–Crippen LogP) is 3.67. The molecule has 0 radical (unpaired) electrons. The first-order valence-electron chi connectivity index (χ1n) is 10.5. The van der Waals surface area contributed by atoms with Crippen molar-refractivity contribution in [3.63, 3.8) is 0 Å². The summed E-state index contributed by atoms with van der Waals surface area (Å²) in [6.07, 6.45) is -2.07. The van der Waals surface area contributed by atoms with Gasteiger partial charge in [-0.05, 0) is 27.2 Å². The highest BCUT2D eigenvalue weighted by Crippen LogP contribution is 2.27. The van der Waals surface area contributed by atoms with E-state index in [0.717, 1.165) is 41.1 Å². The number of aryl methyl sites for hydroxylation is 2. The lowest BCUT2D eigenvalue weighted by Gasteiger charge is -2.21. The fraction of sp³-hybridized carbons (Fsp3) is 0.348. The highest BCUT2D eigenvalue weighted by Gasteiger charge is 2.38. The Bertz CT molecular complexity index is 1190. The average molecular weight is 475 g/mol. The summed E-state index contributed by atoms with van der Waals surface area (Å²) in [5.74, 6) is -2.78. The molecule has 0 atom stereocenters. The molecule has 0 unspecified atom stereocenters. The van der Waals surface area contributed by atoms with Crippen molar-refractivity contribution in [2.24, 2.45) is 0 Å². The van der Waals surface area contributed by atoms with E-state index in [2.05, 4.69) is 51.4 Å². The molecule has 0 saturated heterocycles. The van der Waals surface area contributed by atoms with Crippen LogP contribution in [0.15, 0.2) is 30.6 Å². The van der Waals surface area contributed by atoms with Gasteiger partial charge in [-0.1, -0.05) is 29.8 Å². The fourth-order valence-corrected chi connectivity index (χ4v) is 3.54. The third kappa shape index (κ3) is 5.59. The Labute approximate surface area is 193 Å². The van der Waals surface area contributed by atoms with Gasteiger partial charge in [0.2, 0.25) is 0 Å². The van der Waals surface area contributed by atoms with Crippen LogP contribution in [-0.4, -0.2) is 61.3 Å². The summed E-state index contributed by atoms with van der Waals surface area (Å²) in [5, 5.41) is 14.9. The molecular weight excluding hydrogens is 451 g/mol. The maximum atomic E-state index is 13.0. The molecule has 0 bridgehead atoms. The molecule has 2 N–H and O–H groups in total. The number of aliphatic carboxylic acids is 1. The number of carbonyl (C=O) groups excluding carboxylic acids is 1. The smallest absolute Gasteiger partial charge is 0.475 e. The Hall–Kier alpha value is -3.76. The molecule has 0 saturated carbocycles. The Kier molecular flexibility index (Phi) is 7.33. The standard InChI is InChI=1S/C21H23N5O.C2HF3O2/c1-13-4-6-16(7-5-13)20-17-8-10-26(11-9-18(17)24-25-20)21(27)19-14(2)15(3)22-12-23-19;3-2(4,5)1(6)7/h4-7,12H,8-11H2,1-3H3,(H,24,25);(H,6,7). The lowest BCUT2D eigenvalue weighted by Crippen LogP contribution is -2.34. The zero-order chi connectivity index (χ0) is 25.0. The first-order valence-corrected chi connectivity index (χ1v) is 10.5. The SMILES string of the molecule is Cc1ccc(-c2n[nH]c3c2CCN(C(=O)c2ncnc(C)c2C)CC3)cc1.O=C(O)C(F)(F)F. The largest absolute Gasteiger partial charge is 0.490 e. The molecule has 1 aliphatic rings. The third-order valence-corrected chi connectivity index (χ3v) is 5.61. The number of rotatable bonds is 2. The second-order valence-electron chi connectivity index (χ2n) is 7.92. The van der Waals surface area contributed by atoms with Crippen molar-refractivity contribution in [2.75, 3.05) is 13.1 Å². The van der Waals surface area contributed by atoms with Gasteiger partial charge in [-0.3, -0.25) is 9.89 Å². The number of nitrogens with zero attached hydrogens (tertiary/aromatic N) is 4. The number of amides is 1. The van der Waals surface area contributed by atoms with E-state index in [0.29, 0.717) is 18.8 Å². The van der Waals surface area contributed by atoms with Crippen LogP contribution < -0.4 is 0 Å². The number of nitrogens with one attached hydrogen (secondary N) is 1. The van der Waals surface area contributed by atoms with Crippen molar-refractivity contribution in [3.05, 3.63) is 64.4 Å². The van der Waals surface area contributed by atoms with Crippen molar-refractivity contribution in [2.45, 2.75) is 39.8 Å². The number of hydrogen-bond acceptors (Lipinski definition) is 5. The lowest BCUT2D eigenvalue weighted by molar-refractivity contribution is -0.192. The minimum atomic E-state index is -5.08. The van der Waals surface area contributed by atoms with Crippen molar-refractivity contribution >= 4 is 11.9 Å². The normalized spacial score (nSPS) is 13.4. The molecule has 4 rings (SSSR count). The minimum Gasteiger partial charge on any atom is -0.475 e. The number of alkyl halides is 3. The Morgan fingerprint density at radius 3 is 2.26 bits per heavy atom. The van der Waals surface area contributed by atoms with E-state index in [9.17, 15) is 18.0 Å². The Morgan fingerprint density at radius 1 is 1.03 bits per heavy atom. The summed E-state index contributed by atoms with van der Waals surface area (Å²) in [6.45, 7) is 7.20. The van der Waals surface area contributed by atoms with E-state index >= 15 is 0 Å². The molecule has 1 aliphatic heterocycles. The van der Waals surface area contributed by atoms with Gasteiger partial charge >= 0.3 is 12.1 Å². The summed E-state index contributed by atoms with van der Waals surface area (Å²) in [7, 11) is 0. The summed E-state index contributed by atoms with van der Waals surface area (Å²) >= 11 is 0. The van der Waals surface area contributed by atoms with Gasteiger partial charge in [0.15, 0.2) is 0 Å². The molecule has 3 heterocycles. The van der Waals surface area contributed by atoms with E-state index in [4.69, 9.17) is 9.90 Å². The van der Waals surface area contributed by atoms with Crippen molar-refractivity contribution in [1.82, 2.24) is 25.1 Å². The zero-order valence-corrected chi connectivity index (χ0v) is 18.9. The van der Waals surface area contributed by atoms with Crippen LogP contribution in [0.2, 0.25) is 0 Å². The molecule has 8 nitrogen and oxygen atoms in total. The highest BCUT2D eigenvalue weighted by atomic mass is 19.4. The van der Waals surface area contributed by atoms with Crippen LogP contribution in [0.1, 0.15) is 38.6 Å². The molecule has 0 fully saturated rings. The van der Waals surface area contributed by atoms with Crippen LogP contribution in [0.3, 0.4) is 0 Å². The van der Waals surface area contributed by atoms with Crippen LogP contribution in [0.25, 0.3) is 11.3 Å². The van der Waals surface area contributed by atoms with Crippen LogP contribution in [-0.2, 0) is 17.6 Å². The van der Waals surface area contributed by atoms with Gasteiger partial charge in [0.1, 0.15) is 12.0 Å². The maximum Gasteiger partial charge on any atom is 0.490 e. The van der Waals surface area contributed by atoms with Crippen molar-refractivity contribution < 1.29 is 27.9 Å². The van der Waals surface area contributed by atoms with Gasteiger partial charge < -0.3 is 10.0 Å². The Morgan fingerprint density at radius 2 is 1.65 bits per heavy atom. The number of carbonyl (C=O) groups is 2. The minimum absolute atomic E-state index is 0.0204. The van der Waals surface area contributed by atoms with Crippen molar-refractivity contribution in [1.29, 1.82) is 0 Å². The molecule has 34 heavy (non-hydrogen) atoms. The second kappa shape index (κ2) is 10.0. The van der Waals surface area contributed by atoms with E-state index < -0.39 is 12.1 Å². The number of benzene rings is 1. The lowest BCUT2D eigenvalue weighted by atomic mass is 10.0. The van der Waals surface area contributed by atoms with Crippen LogP contribution in [0.5, 0.6) is 0 Å². The number of aromatic amines is 1. The van der Waals surface area contributed by atoms with Gasteiger partial charge in [-0.25, -0.2) is 14.8 Å². The molecule has 1 amide bonds. The van der Waals surface area contributed by atoms with Crippen LogP contribution in [0, 0.1) is 20.8 Å². The number of carboxylic acid groups (broad SMARTS) is 1. The van der Waals surface area contributed by atoms with Gasteiger partial charge in [-0.2, -0.15) is 18.3 Å². The molecule has 180 valence electrons. The number of hydrogen-bond donors (Lipinski definition) is 2. The second-order valence-corrected chi connectivity index (χ2v) is 7.92. The van der Waals surface area contributed by atoms with Gasteiger partial charge in [0, 0.05) is 47.6 Å². The molecule has 2 aromatic heterocycles. The summed E-state index contributed by atoms with van der Waals surface area (Å²) < 4.78 is 31.7. The number of H-pyrrole nitrogens is 1. The average Bonchev–Trinajstić information content (AvgIpc) is 3.06. The Balaban J connectivity index is 0.000000406. The first-order chi connectivity index (χ1) is 16.0. The van der Waals surface area contributed by atoms with Crippen LogP contribution >= 0.6 is 0 Å². The number of carboxylic acids is 1. The molecule has 11 heteroatoms. The van der Waals surface area contributed by atoms with E-state index in [1.165, 1.54) is 17.5 Å². The van der Waals surface area contributed by atoms with Crippen molar-refractivity contribution in [3.8, 4) is 11.3 Å². The fourth-order valence-electron chi connectivity index (χ4n) is 3.54. The molecular formula is C23H24F3N5O3. The molecule has 0 aliphatic carbocycles. The van der Waals surface area contributed by atoms with E-state index in [1.807, 2.05) is 18.7 Å². The topological polar surface area (TPSA) is 112 Å². The predicted molar refractivity (Wildman–Crippen MR) is 117 cm³/mol. The molecule has 0 spiro atoms. The highest BCUT2D eigenvalue weighted by molar-refractivity contribution is 5.93. The number of aromatic nitrogens is 4. The maximum absolute atomic E-state index is 13.0. The molecule has 1 aromatic carbocycles. The van der Waals surface area contributed by atoms with Gasteiger partial charge in [-0.15, -0.1) is 0 Å². The molecule has 3 aromatic rings. The first kappa shape index (κ1) is 24.9. The summed E-state index contributed by atoms with van der Waals surface area (Å²) in [5.41, 5.74) is 7.87. The number of halogens is 3.